The van der Waals surface area contributed by atoms with E-state index in [-0.39, 0.29) is 24.4 Å². The molecule has 0 aliphatic carbocycles. The second kappa shape index (κ2) is 9.07. The quantitative estimate of drug-likeness (QED) is 0.693. The molecule has 5 nitrogen and oxygen atoms in total. The fraction of sp³-hybridized carbons (Fsp3) is 0.529. The van der Waals surface area contributed by atoms with Gasteiger partial charge in [-0.25, -0.2) is 0 Å². The predicted molar refractivity (Wildman–Crippen MR) is 85.0 cm³/mol. The van der Waals surface area contributed by atoms with Gasteiger partial charge in [0.1, 0.15) is 5.75 Å². The number of carbonyl (C=O) groups excluding carboxylic acids is 2. The van der Waals surface area contributed by atoms with E-state index in [1.54, 1.807) is 29.2 Å². The van der Waals surface area contributed by atoms with Crippen LogP contribution in [0.4, 0.5) is 0 Å². The summed E-state index contributed by atoms with van der Waals surface area (Å²) < 4.78 is 10.2. The maximum atomic E-state index is 12.5. The first kappa shape index (κ1) is 18.0. The molecular formula is C17H25NO4. The Morgan fingerprint density at radius 1 is 1.14 bits per heavy atom. The van der Waals surface area contributed by atoms with Gasteiger partial charge in [0.2, 0.25) is 0 Å². The van der Waals surface area contributed by atoms with Gasteiger partial charge in [0.25, 0.3) is 5.91 Å². The van der Waals surface area contributed by atoms with Crippen molar-refractivity contribution < 1.29 is 19.1 Å². The van der Waals surface area contributed by atoms with Crippen molar-refractivity contribution in [1.82, 2.24) is 4.90 Å². The minimum absolute atomic E-state index is 0.0816. The van der Waals surface area contributed by atoms with E-state index in [0.717, 1.165) is 12.2 Å². The Morgan fingerprint density at radius 3 is 2.27 bits per heavy atom. The normalized spacial score (nSPS) is 10.4. The van der Waals surface area contributed by atoms with E-state index in [4.69, 9.17) is 4.74 Å². The highest BCUT2D eigenvalue weighted by molar-refractivity contribution is 5.94. The van der Waals surface area contributed by atoms with Crippen LogP contribution in [-0.4, -0.2) is 43.1 Å². The van der Waals surface area contributed by atoms with Crippen molar-refractivity contribution in [1.29, 1.82) is 0 Å². The first-order valence-corrected chi connectivity index (χ1v) is 7.60. The summed E-state index contributed by atoms with van der Waals surface area (Å²) in [5.41, 5.74) is 0.592. The molecule has 0 atom stereocenters. The molecule has 1 rings (SSSR count). The first-order chi connectivity index (χ1) is 10.5. The maximum Gasteiger partial charge on any atom is 0.307 e. The topological polar surface area (TPSA) is 55.8 Å². The number of esters is 1. The predicted octanol–water partition coefficient (Wildman–Crippen LogP) is 2.89. The van der Waals surface area contributed by atoms with Gasteiger partial charge in [-0.1, -0.05) is 6.92 Å². The van der Waals surface area contributed by atoms with Crippen molar-refractivity contribution in [3.05, 3.63) is 29.8 Å². The molecule has 0 heterocycles. The molecule has 0 N–H and O–H groups in total. The van der Waals surface area contributed by atoms with Crippen molar-refractivity contribution in [3.8, 4) is 5.75 Å². The highest BCUT2D eigenvalue weighted by Gasteiger charge is 2.16. The lowest BCUT2D eigenvalue weighted by molar-refractivity contribution is -0.140. The summed E-state index contributed by atoms with van der Waals surface area (Å²) in [6.07, 6.45) is 1.14. The molecule has 1 aromatic rings. The number of methoxy groups -OCH3 is 1. The highest BCUT2D eigenvalue weighted by atomic mass is 16.5. The van der Waals surface area contributed by atoms with Crippen molar-refractivity contribution in [3.63, 3.8) is 0 Å². The SMILES string of the molecule is CCCN(CCC(=O)OC)C(=O)c1ccc(OC(C)C)cc1. The van der Waals surface area contributed by atoms with Gasteiger partial charge < -0.3 is 14.4 Å². The lowest BCUT2D eigenvalue weighted by Crippen LogP contribution is -2.33. The molecule has 0 spiro atoms. The van der Waals surface area contributed by atoms with E-state index in [1.807, 2.05) is 20.8 Å². The third-order valence-electron chi connectivity index (χ3n) is 3.07. The summed E-state index contributed by atoms with van der Waals surface area (Å²) in [6, 6.07) is 7.08. The van der Waals surface area contributed by atoms with Gasteiger partial charge in [-0.3, -0.25) is 9.59 Å². The van der Waals surface area contributed by atoms with Gasteiger partial charge in [-0.15, -0.1) is 0 Å². The minimum Gasteiger partial charge on any atom is -0.491 e. The lowest BCUT2D eigenvalue weighted by atomic mass is 10.1. The number of hydrogen-bond acceptors (Lipinski definition) is 4. The zero-order chi connectivity index (χ0) is 16.5. The molecule has 0 saturated carbocycles. The number of ether oxygens (including phenoxy) is 2. The molecule has 1 aromatic carbocycles. The summed E-state index contributed by atoms with van der Waals surface area (Å²) in [4.78, 5) is 25.4. The average Bonchev–Trinajstić information content (AvgIpc) is 2.50. The average molecular weight is 307 g/mol. The molecule has 0 aromatic heterocycles. The Hall–Kier alpha value is -2.04. The summed E-state index contributed by atoms with van der Waals surface area (Å²) in [7, 11) is 1.35. The molecule has 0 fully saturated rings. The number of amides is 1. The van der Waals surface area contributed by atoms with Crippen LogP contribution in [0.15, 0.2) is 24.3 Å². The maximum absolute atomic E-state index is 12.5. The van der Waals surface area contributed by atoms with Crippen molar-refractivity contribution in [2.24, 2.45) is 0 Å². The molecule has 0 radical (unpaired) electrons. The molecule has 22 heavy (non-hydrogen) atoms. The van der Waals surface area contributed by atoms with Gasteiger partial charge >= 0.3 is 5.97 Å². The number of benzene rings is 1. The zero-order valence-corrected chi connectivity index (χ0v) is 13.8. The minimum atomic E-state index is -0.311. The van der Waals surface area contributed by atoms with Crippen molar-refractivity contribution in [2.45, 2.75) is 39.7 Å². The Morgan fingerprint density at radius 2 is 1.77 bits per heavy atom. The molecule has 5 heteroatoms. The highest BCUT2D eigenvalue weighted by Crippen LogP contribution is 2.15. The monoisotopic (exact) mass is 307 g/mol. The number of nitrogens with zero attached hydrogens (tertiary/aromatic N) is 1. The van der Waals surface area contributed by atoms with E-state index < -0.39 is 0 Å². The second-order valence-corrected chi connectivity index (χ2v) is 5.31. The van der Waals surface area contributed by atoms with E-state index >= 15 is 0 Å². The van der Waals surface area contributed by atoms with Gasteiger partial charge in [-0.05, 0) is 44.5 Å². The van der Waals surface area contributed by atoms with Crippen LogP contribution >= 0.6 is 0 Å². The van der Waals surface area contributed by atoms with Crippen LogP contribution in [0.3, 0.4) is 0 Å². The summed E-state index contributed by atoms with van der Waals surface area (Å²) >= 11 is 0. The zero-order valence-electron chi connectivity index (χ0n) is 13.8. The molecule has 0 bridgehead atoms. The summed E-state index contributed by atoms with van der Waals surface area (Å²) in [5.74, 6) is 0.347. The van der Waals surface area contributed by atoms with E-state index in [2.05, 4.69) is 4.74 Å². The van der Waals surface area contributed by atoms with Gasteiger partial charge in [0.15, 0.2) is 0 Å². The largest absolute Gasteiger partial charge is 0.491 e. The van der Waals surface area contributed by atoms with E-state index in [9.17, 15) is 9.59 Å². The second-order valence-electron chi connectivity index (χ2n) is 5.31. The standard InChI is InChI=1S/C17H25NO4/c1-5-11-18(12-10-16(19)21-4)17(20)14-6-8-15(9-7-14)22-13(2)3/h6-9,13H,5,10-12H2,1-4H3. The molecular weight excluding hydrogens is 282 g/mol. The van der Waals surface area contributed by atoms with E-state index in [1.165, 1.54) is 7.11 Å². The molecule has 0 aliphatic rings. The third-order valence-corrected chi connectivity index (χ3v) is 3.07. The molecule has 0 saturated heterocycles. The first-order valence-electron chi connectivity index (χ1n) is 7.60. The lowest BCUT2D eigenvalue weighted by Gasteiger charge is -2.22. The van der Waals surface area contributed by atoms with Crippen molar-refractivity contribution >= 4 is 11.9 Å². The van der Waals surface area contributed by atoms with Crippen LogP contribution in [0, 0.1) is 0 Å². The van der Waals surface area contributed by atoms with Crippen LogP contribution in [-0.2, 0) is 9.53 Å². The Labute approximate surface area is 132 Å². The van der Waals surface area contributed by atoms with Crippen LogP contribution in [0.2, 0.25) is 0 Å². The Balaban J connectivity index is 2.73. The summed E-state index contributed by atoms with van der Waals surface area (Å²) in [5, 5.41) is 0. The number of hydrogen-bond donors (Lipinski definition) is 0. The van der Waals surface area contributed by atoms with Gasteiger partial charge in [-0.2, -0.15) is 0 Å². The smallest absolute Gasteiger partial charge is 0.307 e. The van der Waals surface area contributed by atoms with E-state index in [0.29, 0.717) is 18.7 Å². The van der Waals surface area contributed by atoms with Crippen LogP contribution in [0.1, 0.15) is 44.0 Å². The van der Waals surface area contributed by atoms with Crippen LogP contribution in [0.25, 0.3) is 0 Å². The molecule has 0 unspecified atom stereocenters. The Bertz CT molecular complexity index is 482. The number of rotatable bonds is 8. The molecule has 0 aliphatic heterocycles. The third kappa shape index (κ3) is 5.76. The summed E-state index contributed by atoms with van der Waals surface area (Å²) in [6.45, 7) is 6.88. The number of carbonyl (C=O) groups is 2. The fourth-order valence-corrected chi connectivity index (χ4v) is 2.04. The van der Waals surface area contributed by atoms with Crippen LogP contribution < -0.4 is 4.74 Å². The molecule has 1 amide bonds. The van der Waals surface area contributed by atoms with Gasteiger partial charge in [0, 0.05) is 18.7 Å². The molecule has 122 valence electrons. The van der Waals surface area contributed by atoms with Crippen LogP contribution in [0.5, 0.6) is 5.75 Å². The van der Waals surface area contributed by atoms with Crippen molar-refractivity contribution in [2.75, 3.05) is 20.2 Å². The fourth-order valence-electron chi connectivity index (χ4n) is 2.04. The Kier molecular flexibility index (Phi) is 7.43. The van der Waals surface area contributed by atoms with Gasteiger partial charge in [0.05, 0.1) is 19.6 Å².